The molecule has 0 heterocycles. The maximum absolute atomic E-state index is 9.65. The van der Waals surface area contributed by atoms with Crippen LogP contribution in [0.25, 0.3) is 0 Å². The minimum atomic E-state index is -0.351. The van der Waals surface area contributed by atoms with Crippen LogP contribution in [0, 0.1) is 11.3 Å². The molecule has 1 N–H and O–H groups in total. The van der Waals surface area contributed by atoms with Gasteiger partial charge in [-0.3, -0.25) is 0 Å². The van der Waals surface area contributed by atoms with Crippen LogP contribution in [0.4, 0.5) is 0 Å². The molecule has 0 saturated heterocycles. The highest BCUT2D eigenvalue weighted by molar-refractivity contribution is 14.1. The van der Waals surface area contributed by atoms with Crippen molar-refractivity contribution in [2.24, 2.45) is 11.3 Å². The zero-order chi connectivity index (χ0) is 9.23. The molecule has 0 radical (unpaired) electrons. The van der Waals surface area contributed by atoms with Crippen molar-refractivity contribution in [2.45, 2.75) is 33.9 Å². The molecule has 0 unspecified atom stereocenters. The van der Waals surface area contributed by atoms with Crippen LogP contribution in [-0.4, -0.2) is 21.5 Å². The molecule has 0 spiro atoms. The molecule has 68 valence electrons. The van der Waals surface area contributed by atoms with Gasteiger partial charge in [-0.05, 0) is 12.5 Å². The number of halogens is 1. The lowest BCUT2D eigenvalue weighted by Gasteiger charge is -2.33. The van der Waals surface area contributed by atoms with Crippen molar-refractivity contribution in [3.05, 3.63) is 0 Å². The summed E-state index contributed by atoms with van der Waals surface area (Å²) in [5.74, 6) is 0.282. The third kappa shape index (κ3) is 3.71. The summed E-state index contributed by atoms with van der Waals surface area (Å²) in [6, 6.07) is 0. The van der Waals surface area contributed by atoms with E-state index in [1.54, 1.807) is 0 Å². The van der Waals surface area contributed by atoms with Gasteiger partial charge in [-0.25, -0.2) is 3.11 Å². The standard InChI is InChI=1S/C8H18INO/c1-6(8(2,3)4)7(11)10(5)9/h6-7,11H,1-5H3/t6-,7-/m0/s1. The highest BCUT2D eigenvalue weighted by Crippen LogP contribution is 2.29. The third-order valence-corrected chi connectivity index (χ3v) is 2.75. The Bertz CT molecular complexity index is 120. The first-order valence-corrected chi connectivity index (χ1v) is 4.80. The summed E-state index contributed by atoms with van der Waals surface area (Å²) in [5, 5.41) is 9.65. The zero-order valence-corrected chi connectivity index (χ0v) is 10.1. The molecule has 0 aliphatic rings. The van der Waals surface area contributed by atoms with Crippen molar-refractivity contribution in [1.29, 1.82) is 0 Å². The fraction of sp³-hybridized carbons (Fsp3) is 1.00. The average Bonchev–Trinajstić information content (AvgIpc) is 1.82. The van der Waals surface area contributed by atoms with Crippen LogP contribution in [0.2, 0.25) is 0 Å². The monoisotopic (exact) mass is 271 g/mol. The van der Waals surface area contributed by atoms with Crippen molar-refractivity contribution < 1.29 is 5.11 Å². The molecular formula is C8H18INO. The van der Waals surface area contributed by atoms with E-state index in [2.05, 4.69) is 50.6 Å². The Balaban J connectivity index is 4.13. The average molecular weight is 271 g/mol. The fourth-order valence-electron chi connectivity index (χ4n) is 0.755. The molecule has 0 aromatic rings. The Morgan fingerprint density at radius 1 is 1.36 bits per heavy atom. The van der Waals surface area contributed by atoms with Crippen molar-refractivity contribution in [2.75, 3.05) is 7.05 Å². The van der Waals surface area contributed by atoms with Crippen molar-refractivity contribution in [3.63, 3.8) is 0 Å². The minimum Gasteiger partial charge on any atom is -0.377 e. The van der Waals surface area contributed by atoms with E-state index in [9.17, 15) is 5.11 Å². The maximum Gasteiger partial charge on any atom is 0.118 e. The largest absolute Gasteiger partial charge is 0.377 e. The minimum absolute atomic E-state index is 0.166. The first kappa shape index (κ1) is 11.6. The topological polar surface area (TPSA) is 23.5 Å². The normalized spacial score (nSPS) is 18.5. The first-order chi connectivity index (χ1) is 4.76. The highest BCUT2D eigenvalue weighted by atomic mass is 127. The molecular weight excluding hydrogens is 253 g/mol. The SMILES string of the molecule is C[C@@H]([C@H](O)N(C)I)C(C)(C)C. The first-order valence-electron chi connectivity index (χ1n) is 3.83. The van der Waals surface area contributed by atoms with E-state index in [0.717, 1.165) is 0 Å². The second-order valence-electron chi connectivity index (χ2n) is 4.09. The summed E-state index contributed by atoms with van der Waals surface area (Å²) < 4.78 is 1.81. The second kappa shape index (κ2) is 4.05. The predicted octanol–water partition coefficient (Wildman–Crippen LogP) is 2.27. The van der Waals surface area contributed by atoms with E-state index in [0.29, 0.717) is 0 Å². The van der Waals surface area contributed by atoms with Crippen molar-refractivity contribution >= 4 is 22.9 Å². The summed E-state index contributed by atoms with van der Waals surface area (Å²) >= 11 is 2.11. The van der Waals surface area contributed by atoms with E-state index < -0.39 is 0 Å². The van der Waals surface area contributed by atoms with Gasteiger partial charge in [0.2, 0.25) is 0 Å². The van der Waals surface area contributed by atoms with Gasteiger partial charge in [0, 0.05) is 28.8 Å². The molecule has 0 bridgehead atoms. The Hall–Kier alpha value is 0.650. The quantitative estimate of drug-likeness (QED) is 0.473. The van der Waals surface area contributed by atoms with Gasteiger partial charge in [-0.2, -0.15) is 0 Å². The molecule has 0 amide bonds. The maximum atomic E-state index is 9.65. The molecule has 11 heavy (non-hydrogen) atoms. The van der Waals surface area contributed by atoms with Gasteiger partial charge in [-0.15, -0.1) is 0 Å². The van der Waals surface area contributed by atoms with Gasteiger partial charge < -0.3 is 5.11 Å². The van der Waals surface area contributed by atoms with Gasteiger partial charge in [0.15, 0.2) is 0 Å². The molecule has 0 aliphatic heterocycles. The smallest absolute Gasteiger partial charge is 0.118 e. The number of nitrogens with zero attached hydrogens (tertiary/aromatic N) is 1. The van der Waals surface area contributed by atoms with Crippen LogP contribution in [0.5, 0.6) is 0 Å². The van der Waals surface area contributed by atoms with Crippen LogP contribution in [0.15, 0.2) is 0 Å². The molecule has 0 aromatic carbocycles. The molecule has 0 fully saturated rings. The lowest BCUT2D eigenvalue weighted by Crippen LogP contribution is -2.37. The predicted molar refractivity (Wildman–Crippen MR) is 56.4 cm³/mol. The Morgan fingerprint density at radius 3 is 1.82 bits per heavy atom. The van der Waals surface area contributed by atoms with E-state index in [4.69, 9.17) is 0 Å². The van der Waals surface area contributed by atoms with Gasteiger partial charge in [0.05, 0.1) is 0 Å². The number of aliphatic hydroxyl groups is 1. The summed E-state index contributed by atoms with van der Waals surface area (Å²) in [7, 11) is 1.88. The lowest BCUT2D eigenvalue weighted by molar-refractivity contribution is -0.00150. The van der Waals surface area contributed by atoms with Crippen LogP contribution in [-0.2, 0) is 0 Å². The second-order valence-corrected chi connectivity index (χ2v) is 5.62. The summed E-state index contributed by atoms with van der Waals surface area (Å²) in [5.41, 5.74) is 0.166. The Labute approximate surface area is 83.5 Å². The molecule has 0 saturated carbocycles. The molecule has 0 rings (SSSR count). The van der Waals surface area contributed by atoms with E-state index >= 15 is 0 Å². The summed E-state index contributed by atoms with van der Waals surface area (Å²) in [6.07, 6.45) is -0.351. The summed E-state index contributed by atoms with van der Waals surface area (Å²) in [4.78, 5) is 0. The number of aliphatic hydroxyl groups excluding tert-OH is 1. The van der Waals surface area contributed by atoms with Gasteiger partial charge in [-0.1, -0.05) is 27.7 Å². The molecule has 2 atom stereocenters. The fourth-order valence-corrected chi connectivity index (χ4v) is 1.24. The van der Waals surface area contributed by atoms with Gasteiger partial charge in [0.25, 0.3) is 0 Å². The van der Waals surface area contributed by atoms with E-state index in [1.165, 1.54) is 0 Å². The molecule has 0 aliphatic carbocycles. The highest BCUT2D eigenvalue weighted by Gasteiger charge is 2.28. The van der Waals surface area contributed by atoms with Crippen LogP contribution >= 0.6 is 22.9 Å². The number of rotatable bonds is 2. The molecule has 2 nitrogen and oxygen atoms in total. The van der Waals surface area contributed by atoms with Crippen molar-refractivity contribution in [3.8, 4) is 0 Å². The third-order valence-electron chi connectivity index (χ3n) is 2.18. The van der Waals surface area contributed by atoms with Crippen LogP contribution in [0.1, 0.15) is 27.7 Å². The summed E-state index contributed by atoms with van der Waals surface area (Å²) in [6.45, 7) is 8.49. The van der Waals surface area contributed by atoms with Crippen LogP contribution < -0.4 is 0 Å². The number of hydrogen-bond acceptors (Lipinski definition) is 2. The van der Waals surface area contributed by atoms with Gasteiger partial charge >= 0.3 is 0 Å². The Morgan fingerprint density at radius 2 is 1.73 bits per heavy atom. The molecule has 3 heteroatoms. The number of hydrogen-bond donors (Lipinski definition) is 1. The lowest BCUT2D eigenvalue weighted by atomic mass is 9.81. The van der Waals surface area contributed by atoms with Crippen molar-refractivity contribution in [1.82, 2.24) is 3.11 Å². The zero-order valence-electron chi connectivity index (χ0n) is 7.93. The van der Waals surface area contributed by atoms with Gasteiger partial charge in [0.1, 0.15) is 6.23 Å². The van der Waals surface area contributed by atoms with E-state index in [-0.39, 0.29) is 17.6 Å². The molecule has 0 aromatic heterocycles. The Kier molecular flexibility index (Phi) is 4.29. The van der Waals surface area contributed by atoms with Crippen LogP contribution in [0.3, 0.4) is 0 Å². The van der Waals surface area contributed by atoms with E-state index in [1.807, 2.05) is 10.2 Å².